The molecule has 1 aromatic heterocycles. The van der Waals surface area contributed by atoms with E-state index in [4.69, 9.17) is 21.1 Å². The van der Waals surface area contributed by atoms with Gasteiger partial charge >= 0.3 is 0 Å². The smallest absolute Gasteiger partial charge is 0.232 e. The van der Waals surface area contributed by atoms with Gasteiger partial charge < -0.3 is 14.8 Å². The normalized spacial score (nSPS) is 16.8. The zero-order valence-corrected chi connectivity index (χ0v) is 11.4. The number of ether oxygens (including phenoxy) is 2. The number of rotatable bonds is 5. The Labute approximate surface area is 113 Å². The van der Waals surface area contributed by atoms with Gasteiger partial charge in [-0.3, -0.25) is 0 Å². The number of nitrogens with one attached hydrogen (secondary N) is 1. The highest BCUT2D eigenvalue weighted by atomic mass is 35.5. The van der Waals surface area contributed by atoms with E-state index in [1.54, 1.807) is 6.20 Å². The first-order valence-corrected chi connectivity index (χ1v) is 6.67. The Bertz CT molecular complexity index is 381. The van der Waals surface area contributed by atoms with Crippen molar-refractivity contribution in [1.82, 2.24) is 10.3 Å². The predicted molar refractivity (Wildman–Crippen MR) is 71.0 cm³/mol. The highest BCUT2D eigenvalue weighted by Gasteiger charge is 2.15. The first kappa shape index (κ1) is 13.6. The van der Waals surface area contributed by atoms with Crippen LogP contribution in [-0.4, -0.2) is 31.9 Å². The van der Waals surface area contributed by atoms with Crippen LogP contribution in [-0.2, 0) is 11.3 Å². The fraction of sp³-hybridized carbons (Fsp3) is 0.615. The van der Waals surface area contributed by atoms with Crippen molar-refractivity contribution < 1.29 is 9.47 Å². The first-order chi connectivity index (χ1) is 8.79. The lowest BCUT2D eigenvalue weighted by atomic mass is 10.0. The van der Waals surface area contributed by atoms with Crippen molar-refractivity contribution in [3.63, 3.8) is 0 Å². The fourth-order valence-corrected chi connectivity index (χ4v) is 2.23. The van der Waals surface area contributed by atoms with Crippen molar-refractivity contribution >= 4 is 11.6 Å². The van der Waals surface area contributed by atoms with Crippen molar-refractivity contribution in [3.8, 4) is 5.88 Å². The van der Waals surface area contributed by atoms with Crippen LogP contribution in [0.2, 0.25) is 5.02 Å². The summed E-state index contributed by atoms with van der Waals surface area (Å²) >= 11 is 6.14. The van der Waals surface area contributed by atoms with E-state index in [0.717, 1.165) is 38.2 Å². The van der Waals surface area contributed by atoms with Crippen molar-refractivity contribution in [2.45, 2.75) is 19.4 Å². The average molecular weight is 271 g/mol. The van der Waals surface area contributed by atoms with Gasteiger partial charge in [-0.15, -0.1) is 0 Å². The molecule has 4 nitrogen and oxygen atoms in total. The van der Waals surface area contributed by atoms with Gasteiger partial charge in [-0.05, 0) is 37.4 Å². The molecule has 0 aliphatic carbocycles. The lowest BCUT2D eigenvalue weighted by molar-refractivity contribution is 0.0490. The molecule has 0 saturated carbocycles. The molecule has 0 radical (unpaired) electrons. The molecule has 0 aromatic carbocycles. The minimum Gasteiger partial charge on any atom is -0.476 e. The standard InChI is InChI=1S/C13H19ClN2O2/c1-15-7-11-6-12(14)13(16-8-11)18-9-10-2-4-17-5-3-10/h6,8,10,15H,2-5,7,9H2,1H3. The van der Waals surface area contributed by atoms with Gasteiger partial charge in [0.05, 0.1) is 6.61 Å². The molecular formula is C13H19ClN2O2. The average Bonchev–Trinajstić information content (AvgIpc) is 2.39. The number of hydrogen-bond acceptors (Lipinski definition) is 4. The van der Waals surface area contributed by atoms with E-state index in [1.807, 2.05) is 13.1 Å². The Morgan fingerprint density at radius 2 is 2.28 bits per heavy atom. The molecular weight excluding hydrogens is 252 g/mol. The zero-order valence-electron chi connectivity index (χ0n) is 10.6. The minimum absolute atomic E-state index is 0.531. The Hall–Kier alpha value is -0.840. The molecule has 100 valence electrons. The summed E-state index contributed by atoms with van der Waals surface area (Å²) in [5, 5.41) is 3.64. The van der Waals surface area contributed by atoms with Gasteiger partial charge in [0, 0.05) is 26.0 Å². The minimum atomic E-state index is 0.531. The largest absolute Gasteiger partial charge is 0.476 e. The van der Waals surface area contributed by atoms with Crippen LogP contribution in [0.25, 0.3) is 0 Å². The molecule has 1 fully saturated rings. The lowest BCUT2D eigenvalue weighted by Gasteiger charge is -2.22. The van der Waals surface area contributed by atoms with Gasteiger partial charge in [-0.25, -0.2) is 4.98 Å². The second-order valence-electron chi connectivity index (χ2n) is 4.53. The molecule has 0 amide bonds. The van der Waals surface area contributed by atoms with Crippen molar-refractivity contribution in [2.24, 2.45) is 5.92 Å². The summed E-state index contributed by atoms with van der Waals surface area (Å²) in [6.45, 7) is 3.08. The van der Waals surface area contributed by atoms with Gasteiger partial charge in [-0.1, -0.05) is 11.6 Å². The molecule has 1 aromatic rings. The SMILES string of the molecule is CNCc1cnc(OCC2CCOCC2)c(Cl)c1. The van der Waals surface area contributed by atoms with Crippen LogP contribution >= 0.6 is 11.6 Å². The molecule has 0 bridgehead atoms. The summed E-state index contributed by atoms with van der Waals surface area (Å²) < 4.78 is 11.0. The molecule has 2 rings (SSSR count). The molecule has 1 saturated heterocycles. The van der Waals surface area contributed by atoms with Crippen LogP contribution in [0.1, 0.15) is 18.4 Å². The maximum atomic E-state index is 6.14. The highest BCUT2D eigenvalue weighted by Crippen LogP contribution is 2.24. The summed E-state index contributed by atoms with van der Waals surface area (Å²) in [4.78, 5) is 4.26. The summed E-state index contributed by atoms with van der Waals surface area (Å²) in [6.07, 6.45) is 3.90. The van der Waals surface area contributed by atoms with Gasteiger partial charge in [0.1, 0.15) is 5.02 Å². The Balaban J connectivity index is 1.88. The molecule has 1 N–H and O–H groups in total. The Kier molecular flexibility index (Phi) is 5.23. The van der Waals surface area contributed by atoms with E-state index in [1.165, 1.54) is 0 Å². The van der Waals surface area contributed by atoms with E-state index in [0.29, 0.717) is 23.4 Å². The lowest BCUT2D eigenvalue weighted by Crippen LogP contribution is -2.21. The molecule has 18 heavy (non-hydrogen) atoms. The summed E-state index contributed by atoms with van der Waals surface area (Å²) in [5.41, 5.74) is 1.06. The molecule has 1 aliphatic heterocycles. The van der Waals surface area contributed by atoms with Crippen LogP contribution in [0.3, 0.4) is 0 Å². The van der Waals surface area contributed by atoms with E-state index in [9.17, 15) is 0 Å². The van der Waals surface area contributed by atoms with Crippen LogP contribution in [0.5, 0.6) is 5.88 Å². The molecule has 5 heteroatoms. The number of halogens is 1. The quantitative estimate of drug-likeness (QED) is 0.891. The van der Waals surface area contributed by atoms with Gasteiger partial charge in [0.25, 0.3) is 0 Å². The van der Waals surface area contributed by atoms with Crippen LogP contribution < -0.4 is 10.1 Å². The summed E-state index contributed by atoms with van der Waals surface area (Å²) in [7, 11) is 1.89. The van der Waals surface area contributed by atoms with E-state index < -0.39 is 0 Å². The van der Waals surface area contributed by atoms with Crippen LogP contribution in [0, 0.1) is 5.92 Å². The van der Waals surface area contributed by atoms with Crippen molar-refractivity contribution in [1.29, 1.82) is 0 Å². The van der Waals surface area contributed by atoms with Crippen LogP contribution in [0.15, 0.2) is 12.3 Å². The number of hydrogen-bond donors (Lipinski definition) is 1. The molecule has 0 unspecified atom stereocenters. The third kappa shape index (κ3) is 3.83. The molecule has 0 atom stereocenters. The highest BCUT2D eigenvalue weighted by molar-refractivity contribution is 6.31. The first-order valence-electron chi connectivity index (χ1n) is 6.29. The van der Waals surface area contributed by atoms with Crippen LogP contribution in [0.4, 0.5) is 0 Å². The number of pyridine rings is 1. The number of aromatic nitrogens is 1. The van der Waals surface area contributed by atoms with E-state index in [-0.39, 0.29) is 0 Å². The third-order valence-electron chi connectivity index (χ3n) is 3.04. The maximum absolute atomic E-state index is 6.14. The Morgan fingerprint density at radius 3 is 2.94 bits per heavy atom. The fourth-order valence-electron chi connectivity index (χ4n) is 1.98. The van der Waals surface area contributed by atoms with E-state index >= 15 is 0 Å². The predicted octanol–water partition coefficient (Wildman–Crippen LogP) is 2.26. The van der Waals surface area contributed by atoms with Gasteiger partial charge in [0.15, 0.2) is 0 Å². The monoisotopic (exact) mass is 270 g/mol. The molecule has 2 heterocycles. The van der Waals surface area contributed by atoms with Crippen molar-refractivity contribution in [3.05, 3.63) is 22.8 Å². The van der Waals surface area contributed by atoms with Gasteiger partial charge in [0.2, 0.25) is 5.88 Å². The van der Waals surface area contributed by atoms with Gasteiger partial charge in [-0.2, -0.15) is 0 Å². The second-order valence-corrected chi connectivity index (χ2v) is 4.93. The Morgan fingerprint density at radius 1 is 1.50 bits per heavy atom. The second kappa shape index (κ2) is 6.92. The molecule has 0 spiro atoms. The maximum Gasteiger partial charge on any atom is 0.232 e. The van der Waals surface area contributed by atoms with Crippen molar-refractivity contribution in [2.75, 3.05) is 26.9 Å². The topological polar surface area (TPSA) is 43.4 Å². The summed E-state index contributed by atoms with van der Waals surface area (Å²) in [5.74, 6) is 1.08. The zero-order chi connectivity index (χ0) is 12.8. The molecule has 1 aliphatic rings. The van der Waals surface area contributed by atoms with E-state index in [2.05, 4.69) is 10.3 Å². The summed E-state index contributed by atoms with van der Waals surface area (Å²) in [6, 6.07) is 1.89. The number of nitrogens with zero attached hydrogens (tertiary/aromatic N) is 1. The third-order valence-corrected chi connectivity index (χ3v) is 3.31.